The Morgan fingerprint density at radius 1 is 0.929 bits per heavy atom. The van der Waals surface area contributed by atoms with E-state index in [0.29, 0.717) is 28.0 Å². The fourth-order valence-electron chi connectivity index (χ4n) is 2.75. The Labute approximate surface area is 161 Å². The molecule has 0 fully saturated rings. The first kappa shape index (κ1) is 18.9. The van der Waals surface area contributed by atoms with Crippen molar-refractivity contribution in [2.24, 2.45) is 5.73 Å². The molecule has 28 heavy (non-hydrogen) atoms. The quantitative estimate of drug-likeness (QED) is 0.641. The Balaban J connectivity index is 1.66. The van der Waals surface area contributed by atoms with Crippen LogP contribution in [0.3, 0.4) is 0 Å². The van der Waals surface area contributed by atoms with Gasteiger partial charge < -0.3 is 20.5 Å². The fourth-order valence-corrected chi connectivity index (χ4v) is 2.75. The van der Waals surface area contributed by atoms with Crippen molar-refractivity contribution in [3.8, 4) is 5.75 Å². The number of anilines is 1. The topological polar surface area (TPSA) is 108 Å². The molecule has 0 aromatic heterocycles. The number of fused-ring (bicyclic) bond motifs is 1. The normalized spacial score (nSPS) is 10.3. The number of primary amides is 1. The lowest BCUT2D eigenvalue weighted by molar-refractivity contribution is -0.119. The summed E-state index contributed by atoms with van der Waals surface area (Å²) in [7, 11) is 1.56. The highest BCUT2D eigenvalue weighted by Crippen LogP contribution is 2.28. The SMILES string of the molecule is COc1ccc(C(=O)OCC(=O)Nc2ccc(C(N)=O)cc2)c2ccccc12. The first-order valence-corrected chi connectivity index (χ1v) is 8.42. The largest absolute Gasteiger partial charge is 0.496 e. The number of hydrogen-bond acceptors (Lipinski definition) is 5. The van der Waals surface area contributed by atoms with Gasteiger partial charge in [0.15, 0.2) is 6.61 Å². The maximum atomic E-state index is 12.4. The van der Waals surface area contributed by atoms with Crippen molar-refractivity contribution in [3.05, 3.63) is 71.8 Å². The third kappa shape index (κ3) is 4.09. The highest BCUT2D eigenvalue weighted by atomic mass is 16.5. The minimum absolute atomic E-state index is 0.329. The van der Waals surface area contributed by atoms with Gasteiger partial charge in [0.05, 0.1) is 12.7 Å². The summed E-state index contributed by atoms with van der Waals surface area (Å²) in [6, 6.07) is 16.6. The molecule has 0 bridgehead atoms. The van der Waals surface area contributed by atoms with Gasteiger partial charge in [-0.15, -0.1) is 0 Å². The van der Waals surface area contributed by atoms with Crippen molar-refractivity contribution >= 4 is 34.2 Å². The highest BCUT2D eigenvalue weighted by molar-refractivity contribution is 6.07. The number of rotatable bonds is 6. The highest BCUT2D eigenvalue weighted by Gasteiger charge is 2.15. The number of ether oxygens (including phenoxy) is 2. The number of amides is 2. The minimum atomic E-state index is -0.613. The van der Waals surface area contributed by atoms with Crippen LogP contribution in [-0.2, 0) is 9.53 Å². The first-order valence-electron chi connectivity index (χ1n) is 8.42. The van der Waals surface area contributed by atoms with E-state index in [-0.39, 0.29) is 0 Å². The van der Waals surface area contributed by atoms with Crippen LogP contribution in [0.15, 0.2) is 60.7 Å². The van der Waals surface area contributed by atoms with Gasteiger partial charge >= 0.3 is 5.97 Å². The van der Waals surface area contributed by atoms with E-state index in [2.05, 4.69) is 5.32 Å². The Morgan fingerprint density at radius 2 is 1.61 bits per heavy atom. The van der Waals surface area contributed by atoms with Gasteiger partial charge in [0.1, 0.15) is 5.75 Å². The predicted octanol–water partition coefficient (Wildman–Crippen LogP) is 2.74. The maximum Gasteiger partial charge on any atom is 0.339 e. The van der Waals surface area contributed by atoms with Crippen LogP contribution in [0, 0.1) is 0 Å². The molecule has 7 nitrogen and oxygen atoms in total. The van der Waals surface area contributed by atoms with Gasteiger partial charge in [-0.2, -0.15) is 0 Å². The van der Waals surface area contributed by atoms with E-state index in [9.17, 15) is 14.4 Å². The Kier molecular flexibility index (Phi) is 5.55. The van der Waals surface area contributed by atoms with Crippen molar-refractivity contribution in [1.29, 1.82) is 0 Å². The average molecular weight is 378 g/mol. The molecule has 0 aliphatic heterocycles. The molecule has 0 saturated heterocycles. The average Bonchev–Trinajstić information content (AvgIpc) is 2.71. The van der Waals surface area contributed by atoms with Crippen LogP contribution >= 0.6 is 0 Å². The molecule has 0 unspecified atom stereocenters. The van der Waals surface area contributed by atoms with Gasteiger partial charge in [0.2, 0.25) is 5.91 Å². The van der Waals surface area contributed by atoms with Crippen LogP contribution in [0.4, 0.5) is 5.69 Å². The maximum absolute atomic E-state index is 12.4. The second-order valence-corrected chi connectivity index (χ2v) is 5.93. The lowest BCUT2D eigenvalue weighted by Crippen LogP contribution is -2.21. The third-order valence-corrected chi connectivity index (χ3v) is 4.11. The minimum Gasteiger partial charge on any atom is -0.496 e. The Morgan fingerprint density at radius 3 is 2.25 bits per heavy atom. The van der Waals surface area contributed by atoms with Crippen molar-refractivity contribution in [2.75, 3.05) is 19.0 Å². The molecule has 3 N–H and O–H groups in total. The zero-order valence-corrected chi connectivity index (χ0v) is 15.1. The monoisotopic (exact) mass is 378 g/mol. The molecular weight excluding hydrogens is 360 g/mol. The second kappa shape index (κ2) is 8.22. The van der Waals surface area contributed by atoms with Crippen molar-refractivity contribution in [1.82, 2.24) is 0 Å². The van der Waals surface area contributed by atoms with E-state index >= 15 is 0 Å². The molecule has 0 atom stereocenters. The van der Waals surface area contributed by atoms with E-state index in [0.717, 1.165) is 5.39 Å². The number of benzene rings is 3. The number of hydrogen-bond donors (Lipinski definition) is 2. The zero-order chi connectivity index (χ0) is 20.1. The fraction of sp³-hybridized carbons (Fsp3) is 0.0952. The second-order valence-electron chi connectivity index (χ2n) is 5.93. The van der Waals surface area contributed by atoms with Crippen LogP contribution in [0.1, 0.15) is 20.7 Å². The number of carbonyl (C=O) groups excluding carboxylic acids is 3. The first-order chi connectivity index (χ1) is 13.5. The van der Waals surface area contributed by atoms with E-state index in [1.165, 1.54) is 24.3 Å². The lowest BCUT2D eigenvalue weighted by atomic mass is 10.0. The summed E-state index contributed by atoms with van der Waals surface area (Å²) in [6.45, 7) is -0.448. The number of methoxy groups -OCH3 is 1. The molecule has 2 amide bonds. The molecule has 142 valence electrons. The Bertz CT molecular complexity index is 1040. The van der Waals surface area contributed by atoms with Gasteiger partial charge in [-0.05, 0) is 41.8 Å². The lowest BCUT2D eigenvalue weighted by Gasteiger charge is -2.11. The molecule has 3 rings (SSSR count). The standard InChI is InChI=1S/C21H18N2O5/c1-27-18-11-10-17(15-4-2-3-5-16(15)18)21(26)28-12-19(24)23-14-8-6-13(7-9-14)20(22)25/h2-11H,12H2,1H3,(H2,22,25)(H,23,24). The summed E-state index contributed by atoms with van der Waals surface area (Å²) < 4.78 is 10.4. The number of nitrogens with two attached hydrogens (primary N) is 1. The molecule has 3 aromatic rings. The van der Waals surface area contributed by atoms with Gasteiger partial charge in [0.25, 0.3) is 5.91 Å². The zero-order valence-electron chi connectivity index (χ0n) is 15.1. The predicted molar refractivity (Wildman–Crippen MR) is 104 cm³/mol. The van der Waals surface area contributed by atoms with Crippen molar-refractivity contribution < 1.29 is 23.9 Å². The van der Waals surface area contributed by atoms with Gasteiger partial charge in [-0.1, -0.05) is 24.3 Å². The van der Waals surface area contributed by atoms with Gasteiger partial charge in [-0.3, -0.25) is 9.59 Å². The van der Waals surface area contributed by atoms with Crippen LogP contribution in [0.5, 0.6) is 5.75 Å². The smallest absolute Gasteiger partial charge is 0.339 e. The van der Waals surface area contributed by atoms with Crippen molar-refractivity contribution in [2.45, 2.75) is 0 Å². The van der Waals surface area contributed by atoms with Crippen LogP contribution in [0.25, 0.3) is 10.8 Å². The molecule has 0 heterocycles. The summed E-state index contributed by atoms with van der Waals surface area (Å²) in [6.07, 6.45) is 0. The van der Waals surface area contributed by atoms with E-state index in [1.807, 2.05) is 12.1 Å². The van der Waals surface area contributed by atoms with E-state index in [1.54, 1.807) is 31.4 Å². The molecule has 3 aromatic carbocycles. The molecule has 7 heteroatoms. The molecular formula is C21H18N2O5. The van der Waals surface area contributed by atoms with E-state index < -0.39 is 24.4 Å². The number of carbonyl (C=O) groups is 3. The number of nitrogens with one attached hydrogen (secondary N) is 1. The van der Waals surface area contributed by atoms with Crippen molar-refractivity contribution in [3.63, 3.8) is 0 Å². The van der Waals surface area contributed by atoms with Gasteiger partial charge in [-0.25, -0.2) is 4.79 Å². The third-order valence-electron chi connectivity index (χ3n) is 4.11. The molecule has 0 spiro atoms. The van der Waals surface area contributed by atoms with Crippen LogP contribution in [-0.4, -0.2) is 31.5 Å². The van der Waals surface area contributed by atoms with Crippen LogP contribution in [0.2, 0.25) is 0 Å². The summed E-state index contributed by atoms with van der Waals surface area (Å²) in [5.41, 5.74) is 6.30. The molecule has 0 radical (unpaired) electrons. The molecule has 0 aliphatic carbocycles. The van der Waals surface area contributed by atoms with Crippen LogP contribution < -0.4 is 15.8 Å². The van der Waals surface area contributed by atoms with E-state index in [4.69, 9.17) is 15.2 Å². The molecule has 0 saturated carbocycles. The van der Waals surface area contributed by atoms with Gasteiger partial charge in [0, 0.05) is 16.6 Å². The number of esters is 1. The molecule has 0 aliphatic rings. The summed E-state index contributed by atoms with van der Waals surface area (Å²) in [5.74, 6) is -1.03. The summed E-state index contributed by atoms with van der Waals surface area (Å²) >= 11 is 0. The Hall–Kier alpha value is -3.87. The summed E-state index contributed by atoms with van der Waals surface area (Å²) in [4.78, 5) is 35.5. The summed E-state index contributed by atoms with van der Waals surface area (Å²) in [5, 5.41) is 4.03.